The summed E-state index contributed by atoms with van der Waals surface area (Å²) in [4.78, 5) is 24.1. The summed E-state index contributed by atoms with van der Waals surface area (Å²) in [5.74, 6) is 6.96. The molecule has 3 aromatic rings. The number of nitrogens with zero attached hydrogens (tertiary/aromatic N) is 4. The largest absolute Gasteiger partial charge is 0.456 e. The minimum atomic E-state index is -2.03. The molecule has 0 N–H and O–H groups in total. The fourth-order valence-electron chi connectivity index (χ4n) is 6.71. The van der Waals surface area contributed by atoms with E-state index in [-0.39, 0.29) is 48.2 Å². The zero-order chi connectivity index (χ0) is 40.6. The number of ether oxygens (including phenoxy) is 5. The van der Waals surface area contributed by atoms with Crippen LogP contribution in [0.2, 0.25) is 48.8 Å². The fraction of sp³-hybridized carbons (Fsp3) is 0.643. The van der Waals surface area contributed by atoms with Gasteiger partial charge in [0, 0.05) is 44.8 Å². The number of hydrogen-bond acceptors (Lipinski definition) is 9. The summed E-state index contributed by atoms with van der Waals surface area (Å²) in [5.41, 5.74) is 3.12. The summed E-state index contributed by atoms with van der Waals surface area (Å²) in [6.45, 7) is 26.9. The second-order valence-corrected chi connectivity index (χ2v) is 29.9. The van der Waals surface area contributed by atoms with Gasteiger partial charge in [0.2, 0.25) is 0 Å². The normalized spacial score (nSPS) is 22.2. The Morgan fingerprint density at radius 2 is 1.59 bits per heavy atom. The Bertz CT molecular complexity index is 1920. The van der Waals surface area contributed by atoms with Gasteiger partial charge in [-0.2, -0.15) is 4.98 Å². The van der Waals surface area contributed by atoms with Crippen molar-refractivity contribution in [2.45, 2.75) is 135 Å². The Morgan fingerprint density at radius 1 is 0.946 bits per heavy atom. The first kappa shape index (κ1) is 42.6. The first-order chi connectivity index (χ1) is 26.2. The van der Waals surface area contributed by atoms with Gasteiger partial charge in [0.15, 0.2) is 20.1 Å². The number of benzene rings is 1. The predicted molar refractivity (Wildman–Crippen MR) is 225 cm³/mol. The van der Waals surface area contributed by atoms with E-state index in [9.17, 15) is 4.79 Å². The van der Waals surface area contributed by atoms with Crippen LogP contribution in [-0.4, -0.2) is 105 Å². The maximum absolute atomic E-state index is 12.4. The van der Waals surface area contributed by atoms with Crippen LogP contribution in [-0.2, 0) is 30.1 Å². The first-order valence-electron chi connectivity index (χ1n) is 20.0. The molecule has 0 unspecified atom stereocenters. The highest BCUT2D eigenvalue weighted by atomic mass is 35.5. The summed E-state index contributed by atoms with van der Waals surface area (Å²) < 4.78 is 39.6. The van der Waals surface area contributed by atoms with E-state index in [0.29, 0.717) is 55.3 Å². The first-order valence-corrected chi connectivity index (χ1v) is 27.0. The Hall–Kier alpha value is -2.97. The third-order valence-electron chi connectivity index (χ3n) is 11.1. The summed E-state index contributed by atoms with van der Waals surface area (Å²) >= 11 is 6.96. The van der Waals surface area contributed by atoms with E-state index in [1.165, 1.54) is 0 Å². The van der Waals surface area contributed by atoms with E-state index in [4.69, 9.17) is 49.7 Å². The number of carbonyl (C=O) groups excluding carboxylic acids is 1. The van der Waals surface area contributed by atoms with Gasteiger partial charge in [-0.25, -0.2) is 9.78 Å². The molecular formula is C42H61ClN4O7Si2. The van der Waals surface area contributed by atoms with E-state index in [1.807, 2.05) is 55.7 Å². The SMILES string of the molecule is CC(C)(C)OC(=O)N1CCC(C#Cc2ccc(-c3nc4nc(O[C@@H]5CO[C@H]6[C@@H]5OC[C@H]6O[Si](C)(C)C(C)(C)C)n(COCC[Si](C)(C)C)c4cc3Cl)cc2)CC1. The van der Waals surface area contributed by atoms with Crippen LogP contribution >= 0.6 is 11.6 Å². The predicted octanol–water partition coefficient (Wildman–Crippen LogP) is 9.00. The highest BCUT2D eigenvalue weighted by molar-refractivity contribution is 6.76. The molecule has 14 heteroatoms. The zero-order valence-corrected chi connectivity index (χ0v) is 37.9. The molecule has 3 aliphatic heterocycles. The van der Waals surface area contributed by atoms with Crippen molar-refractivity contribution >= 4 is 45.2 Å². The molecule has 4 atom stereocenters. The van der Waals surface area contributed by atoms with Gasteiger partial charge in [0.1, 0.15) is 24.5 Å². The number of halogens is 1. The fourth-order valence-corrected chi connectivity index (χ4v) is 9.03. The molecule has 1 amide bonds. The molecule has 306 valence electrons. The monoisotopic (exact) mass is 824 g/mol. The van der Waals surface area contributed by atoms with E-state index in [0.717, 1.165) is 35.5 Å². The maximum atomic E-state index is 12.4. The minimum absolute atomic E-state index is 0.0774. The van der Waals surface area contributed by atoms with E-state index in [1.54, 1.807) is 4.90 Å². The average Bonchev–Trinajstić information content (AvgIpc) is 3.78. The van der Waals surface area contributed by atoms with Gasteiger partial charge in [-0.15, -0.1) is 0 Å². The van der Waals surface area contributed by atoms with Crippen LogP contribution in [0.1, 0.15) is 59.9 Å². The Morgan fingerprint density at radius 3 is 2.21 bits per heavy atom. The van der Waals surface area contributed by atoms with Crippen molar-refractivity contribution in [3.05, 3.63) is 40.9 Å². The van der Waals surface area contributed by atoms with Gasteiger partial charge in [-0.05, 0) is 76.0 Å². The van der Waals surface area contributed by atoms with E-state index < -0.39 is 22.0 Å². The molecule has 5 heterocycles. The number of fused-ring (bicyclic) bond motifs is 2. The molecule has 0 saturated carbocycles. The van der Waals surface area contributed by atoms with Crippen molar-refractivity contribution in [2.24, 2.45) is 5.92 Å². The standard InChI is InChI=1S/C42H61ClN4O7Si2/c1-41(2,3)53-40(48)46-20-18-29(19-21-46)13-12-28-14-16-30(17-15-28)35-31(43)24-32-38(44-35)45-39(47(32)27-49-22-23-55(7,8)9)52-33-25-50-37-34(26-51-36(33)37)54-56(10,11)42(4,5)6/h14-17,24,29,33-34,36-37H,18-23,25-27H2,1-11H3/t33-,34-,36-,37-/m1/s1. The molecule has 0 spiro atoms. The molecule has 3 fully saturated rings. The van der Waals surface area contributed by atoms with Crippen molar-refractivity contribution in [1.82, 2.24) is 19.4 Å². The van der Waals surface area contributed by atoms with Crippen molar-refractivity contribution in [1.29, 1.82) is 0 Å². The summed E-state index contributed by atoms with van der Waals surface area (Å²) in [5, 5.41) is 0.575. The lowest BCUT2D eigenvalue weighted by atomic mass is 9.97. The average molecular weight is 826 g/mol. The number of rotatable bonds is 10. The van der Waals surface area contributed by atoms with Gasteiger partial charge in [-0.3, -0.25) is 4.57 Å². The van der Waals surface area contributed by atoms with Crippen molar-refractivity contribution in [3.8, 4) is 29.1 Å². The minimum Gasteiger partial charge on any atom is -0.456 e. The zero-order valence-electron chi connectivity index (χ0n) is 35.2. The molecule has 0 bridgehead atoms. The molecule has 6 rings (SSSR count). The molecule has 11 nitrogen and oxygen atoms in total. The van der Waals surface area contributed by atoms with Crippen LogP contribution in [0.4, 0.5) is 4.79 Å². The summed E-state index contributed by atoms with van der Waals surface area (Å²) in [7, 11) is -3.32. The van der Waals surface area contributed by atoms with Crippen LogP contribution in [0, 0.1) is 17.8 Å². The van der Waals surface area contributed by atoms with Gasteiger partial charge >= 0.3 is 12.1 Å². The Labute approximate surface area is 340 Å². The second-order valence-electron chi connectivity index (χ2n) is 19.1. The Kier molecular flexibility index (Phi) is 12.7. The van der Waals surface area contributed by atoms with Crippen LogP contribution in [0.5, 0.6) is 6.01 Å². The van der Waals surface area contributed by atoms with Crippen LogP contribution in [0.3, 0.4) is 0 Å². The highest BCUT2D eigenvalue weighted by Gasteiger charge is 2.52. The molecule has 2 aromatic heterocycles. The smallest absolute Gasteiger partial charge is 0.410 e. The van der Waals surface area contributed by atoms with Crippen LogP contribution < -0.4 is 4.74 Å². The lowest BCUT2D eigenvalue weighted by molar-refractivity contribution is 0.00691. The number of aromatic nitrogens is 3. The third kappa shape index (κ3) is 10.4. The molecule has 1 aromatic carbocycles. The highest BCUT2D eigenvalue weighted by Crippen LogP contribution is 2.41. The molecule has 56 heavy (non-hydrogen) atoms. The van der Waals surface area contributed by atoms with E-state index in [2.05, 4.69) is 65.3 Å². The number of amides is 1. The molecule has 0 aliphatic carbocycles. The molecular weight excluding hydrogens is 764 g/mol. The van der Waals surface area contributed by atoms with Crippen LogP contribution in [0.15, 0.2) is 30.3 Å². The van der Waals surface area contributed by atoms with E-state index >= 15 is 0 Å². The Balaban J connectivity index is 1.17. The number of carbonyl (C=O) groups is 1. The summed E-state index contributed by atoms with van der Waals surface area (Å²) in [6, 6.07) is 11.3. The number of likely N-dealkylation sites (tertiary alicyclic amines) is 1. The number of piperidine rings is 1. The van der Waals surface area contributed by atoms with Crippen LogP contribution in [0.25, 0.3) is 22.4 Å². The number of pyridine rings is 1. The molecule has 0 radical (unpaired) electrons. The van der Waals surface area contributed by atoms with Crippen molar-refractivity contribution in [3.63, 3.8) is 0 Å². The third-order valence-corrected chi connectivity index (χ3v) is 17.6. The molecule has 3 aliphatic rings. The quantitative estimate of drug-likeness (QED) is 0.113. The van der Waals surface area contributed by atoms with Crippen molar-refractivity contribution in [2.75, 3.05) is 32.9 Å². The van der Waals surface area contributed by atoms with Gasteiger partial charge in [-0.1, -0.05) is 76.0 Å². The van der Waals surface area contributed by atoms with Gasteiger partial charge < -0.3 is 33.0 Å². The molecule has 3 saturated heterocycles. The van der Waals surface area contributed by atoms with Gasteiger partial charge in [0.05, 0.1) is 35.6 Å². The van der Waals surface area contributed by atoms with Crippen molar-refractivity contribution < 1.29 is 32.9 Å². The summed E-state index contributed by atoms with van der Waals surface area (Å²) in [6.07, 6.45) is 0.398. The number of imidazole rings is 1. The van der Waals surface area contributed by atoms with Gasteiger partial charge in [0.25, 0.3) is 0 Å². The maximum Gasteiger partial charge on any atom is 0.410 e. The lowest BCUT2D eigenvalue weighted by Gasteiger charge is -2.39. The second kappa shape index (κ2) is 16.7. The lowest BCUT2D eigenvalue weighted by Crippen LogP contribution is -2.47. The topological polar surface area (TPSA) is 106 Å². The number of hydrogen-bond donors (Lipinski definition) is 0.